The Labute approximate surface area is 159 Å². The highest BCUT2D eigenvalue weighted by molar-refractivity contribution is 5.56. The summed E-state index contributed by atoms with van der Waals surface area (Å²) >= 11 is 0. The summed E-state index contributed by atoms with van der Waals surface area (Å²) in [5, 5.41) is 14.6. The van der Waals surface area contributed by atoms with Crippen molar-refractivity contribution in [1.82, 2.24) is 19.9 Å². The van der Waals surface area contributed by atoms with E-state index in [0.717, 1.165) is 32.1 Å². The zero-order valence-electron chi connectivity index (χ0n) is 14.9. The Hall–Kier alpha value is -2.93. The third kappa shape index (κ3) is 3.84. The molecular weight excluding hydrogens is 371 g/mol. The summed E-state index contributed by atoms with van der Waals surface area (Å²) in [5.41, 5.74) is -0.163. The summed E-state index contributed by atoms with van der Waals surface area (Å²) in [7, 11) is 0. The van der Waals surface area contributed by atoms with Gasteiger partial charge in [0.25, 0.3) is 0 Å². The van der Waals surface area contributed by atoms with Crippen molar-refractivity contribution in [3.8, 4) is 6.07 Å². The average molecular weight is 389 g/mol. The van der Waals surface area contributed by atoms with Crippen LogP contribution in [0.15, 0.2) is 24.5 Å². The highest BCUT2D eigenvalue weighted by Crippen LogP contribution is 2.36. The molecule has 5 heterocycles. The molecule has 3 fully saturated rings. The molecular formula is C18H18F3N7. The molecule has 146 valence electrons. The van der Waals surface area contributed by atoms with Gasteiger partial charge in [0.05, 0.1) is 11.9 Å². The van der Waals surface area contributed by atoms with Gasteiger partial charge in [0.1, 0.15) is 23.1 Å². The summed E-state index contributed by atoms with van der Waals surface area (Å²) < 4.78 is 40.3. The number of pyridine rings is 1. The van der Waals surface area contributed by atoms with Gasteiger partial charge < -0.3 is 15.5 Å². The second-order valence-corrected chi connectivity index (χ2v) is 7.01. The molecule has 2 aromatic rings. The maximum Gasteiger partial charge on any atom is 0.421 e. The highest BCUT2D eigenvalue weighted by atomic mass is 19.4. The number of piperidine rings is 3. The molecule has 10 heteroatoms. The lowest BCUT2D eigenvalue weighted by atomic mass is 9.84. The number of aromatic nitrogens is 3. The molecule has 5 rings (SSSR count). The van der Waals surface area contributed by atoms with Gasteiger partial charge in [-0.05, 0) is 44.0 Å². The Bertz CT molecular complexity index is 884. The zero-order chi connectivity index (χ0) is 19.7. The van der Waals surface area contributed by atoms with Crippen LogP contribution >= 0.6 is 0 Å². The van der Waals surface area contributed by atoms with Crippen molar-refractivity contribution in [2.45, 2.75) is 25.1 Å². The SMILES string of the molecule is N#Cc1ccc(Nc2ncc(C(F)(F)F)c(NC3CN4CCC3CC4)n2)cn1. The highest BCUT2D eigenvalue weighted by Gasteiger charge is 2.39. The van der Waals surface area contributed by atoms with E-state index in [1.54, 1.807) is 6.07 Å². The first-order chi connectivity index (χ1) is 13.4. The molecule has 7 nitrogen and oxygen atoms in total. The van der Waals surface area contributed by atoms with Crippen LogP contribution < -0.4 is 10.6 Å². The molecule has 1 atom stereocenters. The van der Waals surface area contributed by atoms with E-state index in [1.807, 2.05) is 6.07 Å². The molecule has 0 aromatic carbocycles. The van der Waals surface area contributed by atoms with Gasteiger partial charge in [-0.1, -0.05) is 0 Å². The maximum absolute atomic E-state index is 13.4. The van der Waals surface area contributed by atoms with Gasteiger partial charge in [-0.2, -0.15) is 23.4 Å². The van der Waals surface area contributed by atoms with Crippen LogP contribution in [0.4, 0.5) is 30.6 Å². The first-order valence-corrected chi connectivity index (χ1v) is 8.98. The Morgan fingerprint density at radius 1 is 1.14 bits per heavy atom. The van der Waals surface area contributed by atoms with E-state index in [9.17, 15) is 13.2 Å². The standard InChI is InChI=1S/C18H18F3N7/c19-18(20,21)14-9-24-17(25-13-2-1-12(7-22)23-8-13)27-16(14)26-15-10-28-5-3-11(15)4-6-28/h1-2,8-9,11,15H,3-6,10H2,(H2,24,25,26,27). The number of nitrogens with zero attached hydrogens (tertiary/aromatic N) is 5. The molecule has 0 spiro atoms. The van der Waals surface area contributed by atoms with Crippen LogP contribution in [-0.4, -0.2) is 45.5 Å². The molecule has 28 heavy (non-hydrogen) atoms. The van der Waals surface area contributed by atoms with Crippen molar-refractivity contribution < 1.29 is 13.2 Å². The van der Waals surface area contributed by atoms with Gasteiger partial charge >= 0.3 is 6.18 Å². The molecule has 0 saturated carbocycles. The molecule has 3 saturated heterocycles. The van der Waals surface area contributed by atoms with Gasteiger partial charge in [-0.15, -0.1) is 0 Å². The molecule has 3 aliphatic rings. The Morgan fingerprint density at radius 3 is 2.50 bits per heavy atom. The van der Waals surface area contributed by atoms with Gasteiger partial charge in [-0.25, -0.2) is 9.97 Å². The van der Waals surface area contributed by atoms with E-state index in [-0.39, 0.29) is 23.5 Å². The summed E-state index contributed by atoms with van der Waals surface area (Å²) in [6, 6.07) is 4.92. The van der Waals surface area contributed by atoms with Crippen molar-refractivity contribution in [1.29, 1.82) is 5.26 Å². The largest absolute Gasteiger partial charge is 0.421 e. The van der Waals surface area contributed by atoms with Crippen LogP contribution in [0.5, 0.6) is 0 Å². The second-order valence-electron chi connectivity index (χ2n) is 7.01. The van der Waals surface area contributed by atoms with Crippen molar-refractivity contribution >= 4 is 17.5 Å². The van der Waals surface area contributed by atoms with Crippen molar-refractivity contribution in [3.05, 3.63) is 35.8 Å². The molecule has 2 bridgehead atoms. The van der Waals surface area contributed by atoms with Crippen molar-refractivity contribution in [2.24, 2.45) is 5.92 Å². The van der Waals surface area contributed by atoms with Gasteiger partial charge in [0.2, 0.25) is 5.95 Å². The topological polar surface area (TPSA) is 89.8 Å². The fourth-order valence-electron chi connectivity index (χ4n) is 3.73. The summed E-state index contributed by atoms with van der Waals surface area (Å²) in [6.07, 6.45) is -0.404. The van der Waals surface area contributed by atoms with Crippen LogP contribution in [0, 0.1) is 17.2 Å². The van der Waals surface area contributed by atoms with Crippen LogP contribution in [0.2, 0.25) is 0 Å². The molecule has 1 unspecified atom stereocenters. The van der Waals surface area contributed by atoms with E-state index in [0.29, 0.717) is 18.2 Å². The van der Waals surface area contributed by atoms with E-state index in [1.165, 1.54) is 12.3 Å². The third-order valence-corrected chi connectivity index (χ3v) is 5.21. The number of alkyl halides is 3. The van der Waals surface area contributed by atoms with Gasteiger partial charge in [-0.3, -0.25) is 0 Å². The summed E-state index contributed by atoms with van der Waals surface area (Å²) in [6.45, 7) is 2.71. The minimum atomic E-state index is -4.55. The first-order valence-electron chi connectivity index (χ1n) is 8.98. The molecule has 2 N–H and O–H groups in total. The Morgan fingerprint density at radius 2 is 1.93 bits per heavy atom. The number of hydrogen-bond acceptors (Lipinski definition) is 7. The van der Waals surface area contributed by atoms with Gasteiger partial charge in [0, 0.05) is 18.8 Å². The number of nitrogens with one attached hydrogen (secondary N) is 2. The second kappa shape index (κ2) is 7.24. The van der Waals surface area contributed by atoms with Crippen molar-refractivity contribution in [2.75, 3.05) is 30.3 Å². The number of halogens is 3. The lowest BCUT2D eigenvalue weighted by Crippen LogP contribution is -2.53. The number of nitriles is 1. The minimum Gasteiger partial charge on any atom is -0.365 e. The van der Waals surface area contributed by atoms with Crippen LogP contribution in [0.25, 0.3) is 0 Å². The number of anilines is 3. The Kier molecular flexibility index (Phi) is 4.77. The number of fused-ring (bicyclic) bond motifs is 3. The van der Waals surface area contributed by atoms with Crippen LogP contribution in [0.3, 0.4) is 0 Å². The van der Waals surface area contributed by atoms with Crippen LogP contribution in [-0.2, 0) is 6.18 Å². The summed E-state index contributed by atoms with van der Waals surface area (Å²) in [5.74, 6) is 0.161. The van der Waals surface area contributed by atoms with Gasteiger partial charge in [0.15, 0.2) is 0 Å². The average Bonchev–Trinajstić information content (AvgIpc) is 2.69. The Balaban J connectivity index is 1.59. The maximum atomic E-state index is 13.4. The quantitative estimate of drug-likeness (QED) is 0.831. The van der Waals surface area contributed by atoms with Crippen LogP contribution in [0.1, 0.15) is 24.1 Å². The number of rotatable bonds is 4. The van der Waals surface area contributed by atoms with E-state index in [2.05, 4.69) is 30.5 Å². The fourth-order valence-corrected chi connectivity index (χ4v) is 3.73. The van der Waals surface area contributed by atoms with E-state index in [4.69, 9.17) is 5.26 Å². The first kappa shape index (κ1) is 18.4. The molecule has 0 amide bonds. The molecule has 3 aliphatic heterocycles. The van der Waals surface area contributed by atoms with E-state index >= 15 is 0 Å². The monoisotopic (exact) mass is 389 g/mol. The molecule has 0 radical (unpaired) electrons. The minimum absolute atomic E-state index is 0.0308. The summed E-state index contributed by atoms with van der Waals surface area (Å²) in [4.78, 5) is 14.1. The molecule has 0 aliphatic carbocycles. The number of hydrogen-bond donors (Lipinski definition) is 2. The smallest absolute Gasteiger partial charge is 0.365 e. The predicted octanol–water partition coefficient (Wildman–Crippen LogP) is 3.01. The lowest BCUT2D eigenvalue weighted by molar-refractivity contribution is -0.137. The third-order valence-electron chi connectivity index (χ3n) is 5.21. The lowest BCUT2D eigenvalue weighted by Gasteiger charge is -2.45. The molecule has 2 aromatic heterocycles. The predicted molar refractivity (Wildman–Crippen MR) is 95.8 cm³/mol. The zero-order valence-corrected chi connectivity index (χ0v) is 14.9. The van der Waals surface area contributed by atoms with Crippen molar-refractivity contribution in [3.63, 3.8) is 0 Å². The fraction of sp³-hybridized carbons (Fsp3) is 0.444. The van der Waals surface area contributed by atoms with E-state index < -0.39 is 11.7 Å². The normalized spacial score (nSPS) is 23.9.